The first-order valence-corrected chi connectivity index (χ1v) is 6.55. The van der Waals surface area contributed by atoms with E-state index in [1.165, 1.54) is 4.68 Å². The molecule has 0 amide bonds. The van der Waals surface area contributed by atoms with Crippen molar-refractivity contribution in [1.82, 2.24) is 9.78 Å². The Morgan fingerprint density at radius 3 is 2.80 bits per heavy atom. The third-order valence-electron chi connectivity index (χ3n) is 3.09. The number of nitrogens with zero attached hydrogens (tertiary/aromatic N) is 1. The zero-order chi connectivity index (χ0) is 14.7. The quantitative estimate of drug-likeness (QED) is 0.866. The van der Waals surface area contributed by atoms with Crippen LogP contribution in [0.25, 0.3) is 5.69 Å². The van der Waals surface area contributed by atoms with Crippen LogP contribution in [0.3, 0.4) is 0 Å². The van der Waals surface area contributed by atoms with Crippen LogP contribution in [0.1, 0.15) is 23.6 Å². The highest BCUT2D eigenvalue weighted by molar-refractivity contribution is 5.72. The number of nitrogens with one attached hydrogen (secondary N) is 1. The summed E-state index contributed by atoms with van der Waals surface area (Å²) in [6.45, 7) is 5.96. The maximum atomic E-state index is 12.3. The van der Waals surface area contributed by atoms with Gasteiger partial charge < -0.3 is 4.74 Å². The molecule has 5 heteroatoms. The van der Waals surface area contributed by atoms with Gasteiger partial charge in [-0.15, -0.1) is 0 Å². The molecule has 0 aliphatic rings. The first-order valence-electron chi connectivity index (χ1n) is 6.55. The molecule has 0 saturated carbocycles. The molecule has 1 aromatic heterocycles. The van der Waals surface area contributed by atoms with E-state index in [-0.39, 0.29) is 12.0 Å². The Labute approximate surface area is 117 Å². The summed E-state index contributed by atoms with van der Waals surface area (Å²) < 4.78 is 6.31. The summed E-state index contributed by atoms with van der Waals surface area (Å²) in [5.41, 5.74) is 3.04. The molecule has 2 rings (SSSR count). The van der Waals surface area contributed by atoms with Gasteiger partial charge in [-0.3, -0.25) is 14.7 Å². The van der Waals surface area contributed by atoms with Crippen LogP contribution in [0.15, 0.2) is 29.2 Å². The van der Waals surface area contributed by atoms with Crippen molar-refractivity contribution in [3.8, 4) is 5.69 Å². The lowest BCUT2D eigenvalue weighted by Crippen LogP contribution is -2.20. The van der Waals surface area contributed by atoms with Gasteiger partial charge in [0.2, 0.25) is 0 Å². The molecule has 0 saturated heterocycles. The van der Waals surface area contributed by atoms with Crippen LogP contribution < -0.4 is 5.56 Å². The van der Waals surface area contributed by atoms with E-state index in [0.717, 1.165) is 16.8 Å². The van der Waals surface area contributed by atoms with Gasteiger partial charge in [-0.05, 0) is 38.0 Å². The number of hydrogen-bond acceptors (Lipinski definition) is 3. The molecule has 0 bridgehead atoms. The topological polar surface area (TPSA) is 64.1 Å². The van der Waals surface area contributed by atoms with Crippen molar-refractivity contribution in [3.63, 3.8) is 0 Å². The van der Waals surface area contributed by atoms with Crippen LogP contribution in [0.4, 0.5) is 0 Å². The average molecular weight is 274 g/mol. The molecule has 1 heterocycles. The molecule has 0 fully saturated rings. The lowest BCUT2D eigenvalue weighted by atomic mass is 10.1. The number of aryl methyl sites for hydroxylation is 2. The number of carbonyl (C=O) groups excluding carboxylic acids is 1. The fourth-order valence-electron chi connectivity index (χ4n) is 2.04. The Bertz CT molecular complexity index is 683. The van der Waals surface area contributed by atoms with Crippen molar-refractivity contribution in [2.24, 2.45) is 0 Å². The first kappa shape index (κ1) is 14.1. The van der Waals surface area contributed by atoms with E-state index in [2.05, 4.69) is 5.10 Å². The highest BCUT2D eigenvalue weighted by atomic mass is 16.5. The molecule has 0 spiro atoms. The zero-order valence-corrected chi connectivity index (χ0v) is 11.9. The number of H-pyrrole nitrogens is 1. The summed E-state index contributed by atoms with van der Waals surface area (Å²) in [7, 11) is 0. The minimum atomic E-state index is -0.392. The van der Waals surface area contributed by atoms with Crippen molar-refractivity contribution in [2.45, 2.75) is 27.2 Å². The highest BCUT2D eigenvalue weighted by Gasteiger charge is 2.13. The molecule has 1 aromatic carbocycles. The third kappa shape index (κ3) is 2.82. The largest absolute Gasteiger partial charge is 0.466 e. The maximum absolute atomic E-state index is 12.3. The van der Waals surface area contributed by atoms with Gasteiger partial charge in [-0.1, -0.05) is 12.1 Å². The maximum Gasteiger partial charge on any atom is 0.310 e. The van der Waals surface area contributed by atoms with Crippen LogP contribution in [0.2, 0.25) is 0 Å². The van der Waals surface area contributed by atoms with Crippen molar-refractivity contribution < 1.29 is 9.53 Å². The number of aromatic amines is 1. The van der Waals surface area contributed by atoms with Gasteiger partial charge in [0, 0.05) is 11.8 Å². The molecule has 106 valence electrons. The Morgan fingerprint density at radius 2 is 2.10 bits per heavy atom. The second-order valence-electron chi connectivity index (χ2n) is 4.71. The highest BCUT2D eigenvalue weighted by Crippen LogP contribution is 2.13. The van der Waals surface area contributed by atoms with Crippen LogP contribution in [0.5, 0.6) is 0 Å². The van der Waals surface area contributed by atoms with Gasteiger partial charge in [-0.2, -0.15) is 0 Å². The molecule has 0 aliphatic carbocycles. The van der Waals surface area contributed by atoms with Crippen LogP contribution in [-0.4, -0.2) is 22.4 Å². The van der Waals surface area contributed by atoms with Crippen molar-refractivity contribution in [1.29, 1.82) is 0 Å². The number of benzene rings is 1. The molecule has 0 aliphatic heterocycles. The van der Waals surface area contributed by atoms with E-state index in [4.69, 9.17) is 4.74 Å². The molecular formula is C15H18N2O3. The average Bonchev–Trinajstić information content (AvgIpc) is 2.74. The fraction of sp³-hybridized carbons (Fsp3) is 0.333. The summed E-state index contributed by atoms with van der Waals surface area (Å²) in [4.78, 5) is 23.7. The standard InChI is InChI=1S/C15H18N2O3/c1-4-20-14(18)8-12-9-16-17(15(12)19)13-7-10(2)5-6-11(13)3/h5-7,9,16H,4,8H2,1-3H3. The lowest BCUT2D eigenvalue weighted by Gasteiger charge is -2.06. The first-order chi connectivity index (χ1) is 9.52. The van der Waals surface area contributed by atoms with E-state index in [9.17, 15) is 9.59 Å². The van der Waals surface area contributed by atoms with Gasteiger partial charge in [-0.25, -0.2) is 4.68 Å². The zero-order valence-electron chi connectivity index (χ0n) is 11.9. The molecule has 0 unspecified atom stereocenters. The van der Waals surface area contributed by atoms with Gasteiger partial charge in [0.15, 0.2) is 0 Å². The molecule has 0 atom stereocenters. The minimum Gasteiger partial charge on any atom is -0.466 e. The van der Waals surface area contributed by atoms with Crippen LogP contribution in [-0.2, 0) is 16.0 Å². The van der Waals surface area contributed by atoms with Gasteiger partial charge in [0.25, 0.3) is 5.56 Å². The Balaban J connectivity index is 2.36. The van der Waals surface area contributed by atoms with E-state index in [1.54, 1.807) is 13.1 Å². The fourth-order valence-corrected chi connectivity index (χ4v) is 2.04. The number of carbonyl (C=O) groups is 1. The normalized spacial score (nSPS) is 10.6. The number of aromatic nitrogens is 2. The third-order valence-corrected chi connectivity index (χ3v) is 3.09. The van der Waals surface area contributed by atoms with E-state index < -0.39 is 5.97 Å². The second kappa shape index (κ2) is 5.77. The van der Waals surface area contributed by atoms with Crippen molar-refractivity contribution in [3.05, 3.63) is 51.4 Å². The van der Waals surface area contributed by atoms with Crippen LogP contribution >= 0.6 is 0 Å². The number of ether oxygens (including phenoxy) is 1. The lowest BCUT2D eigenvalue weighted by molar-refractivity contribution is -0.142. The summed E-state index contributed by atoms with van der Waals surface area (Å²) in [5, 5.41) is 2.90. The van der Waals surface area contributed by atoms with Crippen molar-refractivity contribution >= 4 is 5.97 Å². The molecule has 5 nitrogen and oxygen atoms in total. The predicted molar refractivity (Wildman–Crippen MR) is 76.2 cm³/mol. The minimum absolute atomic E-state index is 0.0129. The smallest absolute Gasteiger partial charge is 0.310 e. The van der Waals surface area contributed by atoms with Gasteiger partial charge in [0.05, 0.1) is 18.7 Å². The monoisotopic (exact) mass is 274 g/mol. The Morgan fingerprint density at radius 1 is 1.35 bits per heavy atom. The SMILES string of the molecule is CCOC(=O)Cc1c[nH]n(-c2cc(C)ccc2C)c1=O. The Kier molecular flexibility index (Phi) is 4.08. The van der Waals surface area contributed by atoms with Gasteiger partial charge in [0.1, 0.15) is 0 Å². The second-order valence-corrected chi connectivity index (χ2v) is 4.71. The Hall–Kier alpha value is -2.30. The van der Waals surface area contributed by atoms with Crippen LogP contribution in [0, 0.1) is 13.8 Å². The van der Waals surface area contributed by atoms with E-state index in [0.29, 0.717) is 12.2 Å². The molecular weight excluding hydrogens is 256 g/mol. The molecule has 0 radical (unpaired) electrons. The molecule has 20 heavy (non-hydrogen) atoms. The van der Waals surface area contributed by atoms with E-state index >= 15 is 0 Å². The number of esters is 1. The molecule has 2 aromatic rings. The number of rotatable bonds is 4. The number of hydrogen-bond donors (Lipinski definition) is 1. The molecule has 1 N–H and O–H groups in total. The summed E-state index contributed by atoms with van der Waals surface area (Å²) in [6, 6.07) is 5.89. The summed E-state index contributed by atoms with van der Waals surface area (Å²) in [6.07, 6.45) is 1.54. The van der Waals surface area contributed by atoms with E-state index in [1.807, 2.05) is 32.0 Å². The van der Waals surface area contributed by atoms with Crippen molar-refractivity contribution in [2.75, 3.05) is 6.61 Å². The van der Waals surface area contributed by atoms with Gasteiger partial charge >= 0.3 is 5.97 Å². The summed E-state index contributed by atoms with van der Waals surface area (Å²) in [5.74, 6) is -0.392. The predicted octanol–water partition coefficient (Wildman–Crippen LogP) is 1.89. The summed E-state index contributed by atoms with van der Waals surface area (Å²) >= 11 is 0.